The van der Waals surface area contributed by atoms with Gasteiger partial charge < -0.3 is 5.73 Å². The quantitative estimate of drug-likeness (QED) is 0.587. The van der Waals surface area contributed by atoms with E-state index in [0.717, 1.165) is 0 Å². The van der Waals surface area contributed by atoms with Crippen LogP contribution in [0.5, 0.6) is 0 Å². The lowest BCUT2D eigenvalue weighted by molar-refractivity contribution is 0.0887. The molecule has 0 unspecified atom stereocenters. The summed E-state index contributed by atoms with van der Waals surface area (Å²) in [5.74, 6) is -0.306. The third-order valence-corrected chi connectivity index (χ3v) is 2.52. The van der Waals surface area contributed by atoms with Crippen molar-refractivity contribution in [2.75, 3.05) is 7.05 Å². The maximum atomic E-state index is 11.7. The second kappa shape index (κ2) is 5.04. The molecule has 1 aromatic rings. The van der Waals surface area contributed by atoms with Gasteiger partial charge in [-0.1, -0.05) is 0 Å². The first-order chi connectivity index (χ1) is 7.02. The molecule has 0 bridgehead atoms. The lowest BCUT2D eigenvalue weighted by Gasteiger charge is -2.17. The van der Waals surface area contributed by atoms with E-state index in [1.54, 1.807) is 13.1 Å². The maximum Gasteiger partial charge on any atom is 0.271 e. The van der Waals surface area contributed by atoms with Gasteiger partial charge in [-0.3, -0.25) is 20.2 Å². The minimum absolute atomic E-state index is 0.0912. The standard InChI is InChI=1S/C8H9BrN4OS/c1-13(8(10)15)12-7(14)5-2-3-11-4-6(5)9/h2-4H,1H3,(H2,10,15)(H,12,14). The number of carbonyl (C=O) groups is 1. The Kier molecular flexibility index (Phi) is 3.98. The lowest BCUT2D eigenvalue weighted by Crippen LogP contribution is -2.45. The number of hydrogen-bond donors (Lipinski definition) is 2. The van der Waals surface area contributed by atoms with Crippen LogP contribution in [0.4, 0.5) is 0 Å². The molecule has 5 nitrogen and oxygen atoms in total. The molecule has 1 aromatic heterocycles. The Morgan fingerprint density at radius 3 is 2.93 bits per heavy atom. The molecule has 0 aliphatic rings. The van der Waals surface area contributed by atoms with Crippen molar-refractivity contribution in [3.63, 3.8) is 0 Å². The molecule has 0 aliphatic carbocycles. The highest BCUT2D eigenvalue weighted by Crippen LogP contribution is 2.13. The van der Waals surface area contributed by atoms with Crippen molar-refractivity contribution in [1.29, 1.82) is 0 Å². The molecular formula is C8H9BrN4OS. The van der Waals surface area contributed by atoms with Crippen LogP contribution < -0.4 is 11.2 Å². The van der Waals surface area contributed by atoms with Gasteiger partial charge in [0, 0.05) is 23.9 Å². The van der Waals surface area contributed by atoms with E-state index in [0.29, 0.717) is 10.0 Å². The summed E-state index contributed by atoms with van der Waals surface area (Å²) in [6, 6.07) is 1.59. The van der Waals surface area contributed by atoms with Gasteiger partial charge in [-0.25, -0.2) is 0 Å². The second-order valence-electron chi connectivity index (χ2n) is 2.69. The van der Waals surface area contributed by atoms with E-state index in [1.165, 1.54) is 17.4 Å². The average Bonchev–Trinajstić information content (AvgIpc) is 2.18. The van der Waals surface area contributed by atoms with Crippen LogP contribution >= 0.6 is 28.1 Å². The smallest absolute Gasteiger partial charge is 0.271 e. The molecule has 0 atom stereocenters. The summed E-state index contributed by atoms with van der Waals surface area (Å²) < 4.78 is 0.610. The molecule has 1 rings (SSSR count). The largest absolute Gasteiger partial charge is 0.375 e. The highest BCUT2D eigenvalue weighted by molar-refractivity contribution is 9.10. The monoisotopic (exact) mass is 288 g/mol. The Bertz CT molecular complexity index is 398. The van der Waals surface area contributed by atoms with Crippen LogP contribution in [0.1, 0.15) is 10.4 Å². The number of thiocarbonyl (C=S) groups is 1. The molecule has 3 N–H and O–H groups in total. The van der Waals surface area contributed by atoms with E-state index in [2.05, 4.69) is 38.6 Å². The summed E-state index contributed by atoms with van der Waals surface area (Å²) >= 11 is 7.90. The van der Waals surface area contributed by atoms with E-state index in [4.69, 9.17) is 5.73 Å². The summed E-state index contributed by atoms with van der Waals surface area (Å²) in [5, 5.41) is 1.36. The molecule has 15 heavy (non-hydrogen) atoms. The van der Waals surface area contributed by atoms with Crippen LogP contribution in [0.2, 0.25) is 0 Å². The van der Waals surface area contributed by atoms with Gasteiger partial charge in [0.2, 0.25) is 0 Å². The van der Waals surface area contributed by atoms with Gasteiger partial charge >= 0.3 is 0 Å². The Hall–Kier alpha value is -1.21. The van der Waals surface area contributed by atoms with Crippen molar-refractivity contribution >= 4 is 39.2 Å². The fourth-order valence-electron chi connectivity index (χ4n) is 0.827. The van der Waals surface area contributed by atoms with Crippen LogP contribution in [0.25, 0.3) is 0 Å². The molecular weight excluding hydrogens is 280 g/mol. The number of halogens is 1. The fraction of sp³-hybridized carbons (Fsp3) is 0.125. The summed E-state index contributed by atoms with van der Waals surface area (Å²) in [5.41, 5.74) is 8.29. The minimum atomic E-state index is -0.306. The summed E-state index contributed by atoms with van der Waals surface area (Å²) in [4.78, 5) is 15.5. The van der Waals surface area contributed by atoms with Gasteiger partial charge in [0.1, 0.15) is 0 Å². The van der Waals surface area contributed by atoms with Crippen LogP contribution in [0, 0.1) is 0 Å². The fourth-order valence-corrected chi connectivity index (χ4v) is 1.30. The van der Waals surface area contributed by atoms with Crippen LogP contribution in [-0.4, -0.2) is 28.1 Å². The van der Waals surface area contributed by atoms with Crippen molar-refractivity contribution in [2.24, 2.45) is 5.73 Å². The van der Waals surface area contributed by atoms with Crippen LogP contribution in [0.3, 0.4) is 0 Å². The first-order valence-electron chi connectivity index (χ1n) is 3.96. The number of hydrogen-bond acceptors (Lipinski definition) is 3. The predicted molar refractivity (Wildman–Crippen MR) is 64.0 cm³/mol. The molecule has 0 saturated heterocycles. The first-order valence-corrected chi connectivity index (χ1v) is 5.16. The first kappa shape index (κ1) is 11.9. The van der Waals surface area contributed by atoms with Crippen molar-refractivity contribution in [3.05, 3.63) is 28.5 Å². The molecule has 1 amide bonds. The Labute approximate surface area is 101 Å². The Balaban J connectivity index is 2.78. The summed E-state index contributed by atoms with van der Waals surface area (Å²) in [6.45, 7) is 0. The molecule has 7 heteroatoms. The predicted octanol–water partition coefficient (Wildman–Crippen LogP) is 0.664. The number of hydrazine groups is 1. The van der Waals surface area contributed by atoms with Crippen molar-refractivity contribution in [2.45, 2.75) is 0 Å². The van der Waals surface area contributed by atoms with Crippen molar-refractivity contribution < 1.29 is 4.79 Å². The summed E-state index contributed by atoms with van der Waals surface area (Å²) in [7, 11) is 1.56. The van der Waals surface area contributed by atoms with Gasteiger partial charge in [-0.2, -0.15) is 0 Å². The van der Waals surface area contributed by atoms with Crippen molar-refractivity contribution in [3.8, 4) is 0 Å². The zero-order valence-corrected chi connectivity index (χ0v) is 10.3. The van der Waals surface area contributed by atoms with Gasteiger partial charge in [0.15, 0.2) is 5.11 Å². The molecule has 1 heterocycles. The van der Waals surface area contributed by atoms with Gasteiger partial charge in [-0.05, 0) is 34.2 Å². The molecule has 0 aromatic carbocycles. The minimum Gasteiger partial charge on any atom is -0.375 e. The average molecular weight is 289 g/mol. The molecule has 0 radical (unpaired) electrons. The van der Waals surface area contributed by atoms with Crippen molar-refractivity contribution in [1.82, 2.24) is 15.4 Å². The number of pyridine rings is 1. The van der Waals surface area contributed by atoms with Gasteiger partial charge in [-0.15, -0.1) is 0 Å². The Morgan fingerprint density at radius 2 is 2.40 bits per heavy atom. The number of rotatable bonds is 1. The van der Waals surface area contributed by atoms with Crippen LogP contribution in [-0.2, 0) is 0 Å². The highest BCUT2D eigenvalue weighted by Gasteiger charge is 2.11. The van der Waals surface area contributed by atoms with E-state index < -0.39 is 0 Å². The van der Waals surface area contributed by atoms with E-state index in [1.807, 2.05) is 0 Å². The zero-order chi connectivity index (χ0) is 11.4. The van der Waals surface area contributed by atoms with Gasteiger partial charge in [0.25, 0.3) is 5.91 Å². The number of aromatic nitrogens is 1. The number of nitrogens with two attached hydrogens (primary N) is 1. The number of amides is 1. The number of carbonyl (C=O) groups excluding carboxylic acids is 1. The topological polar surface area (TPSA) is 71.2 Å². The zero-order valence-electron chi connectivity index (χ0n) is 7.90. The third-order valence-electron chi connectivity index (χ3n) is 1.62. The maximum absolute atomic E-state index is 11.7. The Morgan fingerprint density at radius 1 is 1.73 bits per heavy atom. The molecule has 0 aliphatic heterocycles. The molecule has 0 spiro atoms. The lowest BCUT2D eigenvalue weighted by atomic mass is 10.2. The molecule has 80 valence electrons. The third kappa shape index (κ3) is 3.14. The second-order valence-corrected chi connectivity index (χ2v) is 3.97. The number of nitrogens with zero attached hydrogens (tertiary/aromatic N) is 2. The summed E-state index contributed by atoms with van der Waals surface area (Å²) in [6.07, 6.45) is 3.07. The van der Waals surface area contributed by atoms with Crippen LogP contribution in [0.15, 0.2) is 22.9 Å². The molecule has 0 saturated carbocycles. The van der Waals surface area contributed by atoms with Gasteiger partial charge in [0.05, 0.1) is 5.56 Å². The molecule has 0 fully saturated rings. The number of nitrogens with one attached hydrogen (secondary N) is 1. The highest BCUT2D eigenvalue weighted by atomic mass is 79.9. The van der Waals surface area contributed by atoms with E-state index >= 15 is 0 Å². The van der Waals surface area contributed by atoms with E-state index in [-0.39, 0.29) is 11.0 Å². The normalized spacial score (nSPS) is 9.47. The SMILES string of the molecule is CN(NC(=O)c1ccncc1Br)C(N)=S. The van der Waals surface area contributed by atoms with E-state index in [9.17, 15) is 4.79 Å².